The summed E-state index contributed by atoms with van der Waals surface area (Å²) in [6.07, 6.45) is 0. The Morgan fingerprint density at radius 1 is 1.32 bits per heavy atom. The molecule has 0 fully saturated rings. The first-order valence-electron chi connectivity index (χ1n) is 5.79. The molecule has 0 atom stereocenters. The van der Waals surface area contributed by atoms with Gasteiger partial charge in [-0.2, -0.15) is 0 Å². The molecule has 4 nitrogen and oxygen atoms in total. The number of hydrogen-bond acceptors (Lipinski definition) is 3. The largest absolute Gasteiger partial charge is 0.506 e. The van der Waals surface area contributed by atoms with E-state index in [0.29, 0.717) is 11.4 Å². The summed E-state index contributed by atoms with van der Waals surface area (Å²) in [7, 11) is 1.86. The first-order valence-corrected chi connectivity index (χ1v) is 6.67. The number of nitrogens with zero attached hydrogens (tertiary/aromatic N) is 1. The standard InChI is InChI=1S/C14H12N2O2S/c1-16-10-6-7-19-13(10)8-11(16)14(18)15-9-4-2-3-5-12(9)17/h2-8,17H,1H3,(H,15,18). The highest BCUT2D eigenvalue weighted by Gasteiger charge is 2.15. The number of hydrogen-bond donors (Lipinski definition) is 2. The Morgan fingerprint density at radius 3 is 2.84 bits per heavy atom. The second-order valence-corrected chi connectivity index (χ2v) is 5.18. The maximum absolute atomic E-state index is 12.2. The molecule has 0 bridgehead atoms. The number of aryl methyl sites for hydroxylation is 1. The SMILES string of the molecule is Cn1c(C(=O)Nc2ccccc2O)cc2sccc21. The first-order chi connectivity index (χ1) is 9.16. The molecule has 0 spiro atoms. The highest BCUT2D eigenvalue weighted by Crippen LogP contribution is 2.26. The Morgan fingerprint density at radius 2 is 2.11 bits per heavy atom. The van der Waals surface area contributed by atoms with Crippen LogP contribution in [0, 0.1) is 0 Å². The van der Waals surface area contributed by atoms with Crippen LogP contribution in [0.1, 0.15) is 10.5 Å². The minimum absolute atomic E-state index is 0.0619. The van der Waals surface area contributed by atoms with E-state index in [9.17, 15) is 9.90 Å². The molecule has 0 aliphatic carbocycles. The number of fused-ring (bicyclic) bond motifs is 1. The second-order valence-electron chi connectivity index (χ2n) is 4.23. The summed E-state index contributed by atoms with van der Waals surface area (Å²) in [6, 6.07) is 10.5. The van der Waals surface area contributed by atoms with Crippen molar-refractivity contribution in [1.82, 2.24) is 4.57 Å². The van der Waals surface area contributed by atoms with E-state index in [1.807, 2.05) is 29.1 Å². The molecule has 3 rings (SSSR count). The summed E-state index contributed by atoms with van der Waals surface area (Å²) in [6.45, 7) is 0. The van der Waals surface area contributed by atoms with Gasteiger partial charge in [0.1, 0.15) is 11.4 Å². The fraction of sp³-hybridized carbons (Fsp3) is 0.0714. The van der Waals surface area contributed by atoms with Crippen LogP contribution in [0.2, 0.25) is 0 Å². The fourth-order valence-corrected chi connectivity index (χ4v) is 2.88. The predicted octanol–water partition coefficient (Wildman–Crippen LogP) is 3.20. The number of aromatic hydroxyl groups is 1. The van der Waals surface area contributed by atoms with Gasteiger partial charge in [-0.1, -0.05) is 12.1 Å². The summed E-state index contributed by atoms with van der Waals surface area (Å²) in [5.41, 5.74) is 2.02. The second kappa shape index (κ2) is 4.44. The number of carbonyl (C=O) groups is 1. The molecular weight excluding hydrogens is 260 g/mol. The average molecular weight is 272 g/mol. The zero-order valence-electron chi connectivity index (χ0n) is 10.3. The lowest BCUT2D eigenvalue weighted by atomic mass is 10.3. The lowest BCUT2D eigenvalue weighted by Crippen LogP contribution is -2.15. The summed E-state index contributed by atoms with van der Waals surface area (Å²) in [5.74, 6) is -0.167. The van der Waals surface area contributed by atoms with Crippen molar-refractivity contribution in [3.63, 3.8) is 0 Å². The number of aromatic nitrogens is 1. The summed E-state index contributed by atoms with van der Waals surface area (Å²) in [4.78, 5) is 12.2. The molecule has 2 N–H and O–H groups in total. The molecule has 1 aromatic carbocycles. The van der Waals surface area contributed by atoms with E-state index in [0.717, 1.165) is 10.2 Å². The molecule has 3 aromatic rings. The van der Waals surface area contributed by atoms with Crippen LogP contribution in [-0.2, 0) is 7.05 Å². The number of anilines is 1. The molecule has 0 aliphatic heterocycles. The quantitative estimate of drug-likeness (QED) is 0.704. The first kappa shape index (κ1) is 11.8. The molecule has 19 heavy (non-hydrogen) atoms. The average Bonchev–Trinajstić information content (AvgIpc) is 2.96. The van der Waals surface area contributed by atoms with Gasteiger partial charge < -0.3 is 15.0 Å². The van der Waals surface area contributed by atoms with Gasteiger partial charge in [0.15, 0.2) is 0 Å². The zero-order valence-corrected chi connectivity index (χ0v) is 11.1. The van der Waals surface area contributed by atoms with E-state index in [1.54, 1.807) is 35.6 Å². The van der Waals surface area contributed by atoms with Crippen molar-refractivity contribution in [2.75, 3.05) is 5.32 Å². The normalized spacial score (nSPS) is 10.8. The van der Waals surface area contributed by atoms with Crippen molar-refractivity contribution >= 4 is 33.1 Å². The Hall–Kier alpha value is -2.27. The Balaban J connectivity index is 1.94. The number of phenolic OH excluding ortho intramolecular Hbond substituents is 1. The smallest absolute Gasteiger partial charge is 0.272 e. The van der Waals surface area contributed by atoms with Crippen molar-refractivity contribution in [2.24, 2.45) is 7.05 Å². The van der Waals surface area contributed by atoms with Gasteiger partial charge in [-0.15, -0.1) is 11.3 Å². The Labute approximate surface area is 113 Å². The highest BCUT2D eigenvalue weighted by atomic mass is 32.1. The van der Waals surface area contributed by atoms with Crippen molar-refractivity contribution in [1.29, 1.82) is 0 Å². The van der Waals surface area contributed by atoms with Crippen LogP contribution in [0.5, 0.6) is 5.75 Å². The number of amides is 1. The third-order valence-electron chi connectivity index (χ3n) is 3.05. The van der Waals surface area contributed by atoms with E-state index in [2.05, 4.69) is 5.32 Å². The van der Waals surface area contributed by atoms with Gasteiger partial charge in [-0.3, -0.25) is 4.79 Å². The molecular formula is C14H12N2O2S. The molecule has 0 unspecified atom stereocenters. The number of rotatable bonds is 2. The van der Waals surface area contributed by atoms with Gasteiger partial charge in [-0.25, -0.2) is 0 Å². The molecule has 96 valence electrons. The van der Waals surface area contributed by atoms with Crippen LogP contribution in [0.15, 0.2) is 41.8 Å². The van der Waals surface area contributed by atoms with Gasteiger partial charge >= 0.3 is 0 Å². The lowest BCUT2D eigenvalue weighted by molar-refractivity contribution is 0.101. The van der Waals surface area contributed by atoms with Gasteiger partial charge in [-0.05, 0) is 29.6 Å². The van der Waals surface area contributed by atoms with Gasteiger partial charge in [0.05, 0.1) is 15.9 Å². The van der Waals surface area contributed by atoms with Crippen LogP contribution in [0.4, 0.5) is 5.69 Å². The summed E-state index contributed by atoms with van der Waals surface area (Å²) in [5, 5.41) is 14.4. The predicted molar refractivity (Wildman–Crippen MR) is 76.9 cm³/mol. The number of carbonyl (C=O) groups excluding carboxylic acids is 1. The molecule has 2 aromatic heterocycles. The molecule has 0 saturated heterocycles. The number of thiophene rings is 1. The molecule has 0 radical (unpaired) electrons. The van der Waals surface area contributed by atoms with Crippen molar-refractivity contribution in [2.45, 2.75) is 0 Å². The minimum atomic E-state index is -0.229. The number of benzene rings is 1. The van der Waals surface area contributed by atoms with E-state index >= 15 is 0 Å². The maximum Gasteiger partial charge on any atom is 0.272 e. The lowest BCUT2D eigenvalue weighted by Gasteiger charge is -2.07. The third-order valence-corrected chi connectivity index (χ3v) is 3.90. The monoisotopic (exact) mass is 272 g/mol. The van der Waals surface area contributed by atoms with Crippen LogP contribution >= 0.6 is 11.3 Å². The van der Waals surface area contributed by atoms with Crippen LogP contribution in [-0.4, -0.2) is 15.6 Å². The topological polar surface area (TPSA) is 54.3 Å². The molecule has 0 aliphatic rings. The third kappa shape index (κ3) is 1.98. The molecule has 0 saturated carbocycles. The summed E-state index contributed by atoms with van der Waals surface area (Å²) < 4.78 is 2.92. The number of nitrogens with one attached hydrogen (secondary N) is 1. The van der Waals surface area contributed by atoms with E-state index in [-0.39, 0.29) is 11.7 Å². The zero-order chi connectivity index (χ0) is 13.4. The van der Waals surface area contributed by atoms with Crippen LogP contribution < -0.4 is 5.32 Å². The van der Waals surface area contributed by atoms with Crippen LogP contribution in [0.25, 0.3) is 10.2 Å². The number of para-hydroxylation sites is 2. The molecule has 1 amide bonds. The van der Waals surface area contributed by atoms with Crippen molar-refractivity contribution < 1.29 is 9.90 Å². The van der Waals surface area contributed by atoms with Crippen LogP contribution in [0.3, 0.4) is 0 Å². The van der Waals surface area contributed by atoms with Crippen molar-refractivity contribution in [3.05, 3.63) is 47.5 Å². The van der Waals surface area contributed by atoms with E-state index in [1.165, 1.54) is 0 Å². The number of phenols is 1. The summed E-state index contributed by atoms with van der Waals surface area (Å²) >= 11 is 1.60. The van der Waals surface area contributed by atoms with Gasteiger partial charge in [0.25, 0.3) is 5.91 Å². The van der Waals surface area contributed by atoms with Crippen molar-refractivity contribution in [3.8, 4) is 5.75 Å². The Kier molecular flexibility index (Phi) is 2.76. The van der Waals surface area contributed by atoms with Gasteiger partial charge in [0, 0.05) is 7.05 Å². The van der Waals surface area contributed by atoms with E-state index < -0.39 is 0 Å². The van der Waals surface area contributed by atoms with Gasteiger partial charge in [0.2, 0.25) is 0 Å². The maximum atomic E-state index is 12.2. The Bertz CT molecular complexity index is 758. The van der Waals surface area contributed by atoms with E-state index in [4.69, 9.17) is 0 Å². The minimum Gasteiger partial charge on any atom is -0.506 e. The molecule has 5 heteroatoms. The highest BCUT2D eigenvalue weighted by molar-refractivity contribution is 7.17. The molecule has 2 heterocycles. The fourth-order valence-electron chi connectivity index (χ4n) is 2.03.